The third kappa shape index (κ3) is 10.5. The summed E-state index contributed by atoms with van der Waals surface area (Å²) in [5, 5.41) is 40.4. The molecule has 0 aliphatic carbocycles. The first-order valence-electron chi connectivity index (χ1n) is 16.3. The van der Waals surface area contributed by atoms with E-state index in [2.05, 4.69) is 26.3 Å². The number of nitrogens with zero attached hydrogens (tertiary/aromatic N) is 3. The predicted molar refractivity (Wildman–Crippen MR) is 193 cm³/mol. The van der Waals surface area contributed by atoms with Crippen LogP contribution < -0.4 is 21.3 Å². The van der Waals surface area contributed by atoms with Crippen LogP contribution in [0.1, 0.15) is 62.4 Å². The number of fused-ring (bicyclic) bond motifs is 1. The fourth-order valence-electron chi connectivity index (χ4n) is 5.80. The first-order valence-corrected chi connectivity index (χ1v) is 16.7. The number of hydrogen-bond acceptors (Lipinski definition) is 7. The van der Waals surface area contributed by atoms with Crippen molar-refractivity contribution in [1.29, 1.82) is 5.26 Å². The van der Waals surface area contributed by atoms with Crippen molar-refractivity contribution in [1.82, 2.24) is 20.9 Å². The van der Waals surface area contributed by atoms with Gasteiger partial charge in [0, 0.05) is 43.4 Å². The van der Waals surface area contributed by atoms with Crippen LogP contribution in [0.3, 0.4) is 0 Å². The van der Waals surface area contributed by atoms with Gasteiger partial charge in [-0.15, -0.1) is 0 Å². The first kappa shape index (κ1) is 38.9. The van der Waals surface area contributed by atoms with Crippen LogP contribution in [0.15, 0.2) is 71.7 Å². The van der Waals surface area contributed by atoms with Crippen LogP contribution in [-0.4, -0.2) is 62.8 Å². The molecule has 0 fully saturated rings. The second-order valence-electron chi connectivity index (χ2n) is 13.5. The third-order valence-electron chi connectivity index (χ3n) is 8.15. The molecule has 3 aromatic carbocycles. The molecule has 1 aliphatic rings. The van der Waals surface area contributed by atoms with Gasteiger partial charge in [-0.05, 0) is 64.1 Å². The number of anilines is 1. The smallest absolute Gasteiger partial charge is 0.326 e. The summed E-state index contributed by atoms with van der Waals surface area (Å²) >= 11 is 5.95. The topological polar surface area (TPSA) is 213 Å². The van der Waals surface area contributed by atoms with E-state index in [1.165, 1.54) is 11.8 Å². The van der Waals surface area contributed by atoms with Gasteiger partial charge >= 0.3 is 11.9 Å². The van der Waals surface area contributed by atoms with E-state index < -0.39 is 47.8 Å². The lowest BCUT2D eigenvalue weighted by Crippen LogP contribution is -2.47. The zero-order chi connectivity index (χ0) is 38.2. The molecule has 1 aliphatic heterocycles. The largest absolute Gasteiger partial charge is 0.480 e. The average molecular weight is 730 g/mol. The molecule has 15 heteroatoms. The van der Waals surface area contributed by atoms with E-state index >= 15 is 0 Å². The van der Waals surface area contributed by atoms with Crippen molar-refractivity contribution in [2.45, 2.75) is 71.6 Å². The standard InChI is InChI=1S/C37H40ClN7O7/c1-21(46)45-19-24-15-27(42-36(40-20-39)41-26-11-9-25(38)10-12-26)13-14-28(24)32(45)33(48)44-30(35(51)52)17-23-8-6-5-7-22(23)16-29(34(49)50)43-31(47)18-37(2,3)4/h5-15,29-30,32H,16-19H2,1-4H3,(H,43,47)(H,44,48)(H,49,50)(H,51,52)(H2,40,41,42). The highest BCUT2D eigenvalue weighted by molar-refractivity contribution is 6.30. The van der Waals surface area contributed by atoms with Crippen LogP contribution in [0.4, 0.5) is 11.4 Å². The highest BCUT2D eigenvalue weighted by Crippen LogP contribution is 2.36. The van der Waals surface area contributed by atoms with E-state index in [4.69, 9.17) is 11.6 Å². The average Bonchev–Trinajstić information content (AvgIpc) is 3.44. The van der Waals surface area contributed by atoms with E-state index in [-0.39, 0.29) is 37.2 Å². The number of amides is 3. The highest BCUT2D eigenvalue weighted by Gasteiger charge is 2.39. The number of hydrogen-bond donors (Lipinski definition) is 6. The Morgan fingerprint density at radius 2 is 1.54 bits per heavy atom. The number of nitrogens with one attached hydrogen (secondary N) is 4. The van der Waals surface area contributed by atoms with Gasteiger partial charge in [0.2, 0.25) is 23.7 Å². The Morgan fingerprint density at radius 3 is 2.08 bits per heavy atom. The van der Waals surface area contributed by atoms with Gasteiger partial charge in [-0.25, -0.2) is 14.6 Å². The Kier molecular flexibility index (Phi) is 12.6. The van der Waals surface area contributed by atoms with Gasteiger partial charge < -0.3 is 31.1 Å². The van der Waals surface area contributed by atoms with Crippen molar-refractivity contribution in [3.8, 4) is 6.19 Å². The van der Waals surface area contributed by atoms with Gasteiger partial charge in [0.25, 0.3) is 0 Å². The Labute approximate surface area is 305 Å². The lowest BCUT2D eigenvalue weighted by molar-refractivity contribution is -0.144. The molecule has 3 unspecified atom stereocenters. The minimum absolute atomic E-state index is 0.0612. The van der Waals surface area contributed by atoms with Gasteiger partial charge in [0.1, 0.15) is 18.1 Å². The summed E-state index contributed by atoms with van der Waals surface area (Å²) in [4.78, 5) is 69.4. The molecule has 1 heterocycles. The van der Waals surface area contributed by atoms with Crippen molar-refractivity contribution in [2.24, 2.45) is 10.4 Å². The van der Waals surface area contributed by atoms with E-state index in [0.717, 1.165) is 0 Å². The number of carbonyl (C=O) groups is 5. The maximum absolute atomic E-state index is 13.8. The maximum atomic E-state index is 13.8. The zero-order valence-electron chi connectivity index (χ0n) is 29.1. The normalized spacial score (nSPS) is 15.0. The van der Waals surface area contributed by atoms with E-state index in [1.807, 2.05) is 27.0 Å². The molecular weight excluding hydrogens is 690 g/mol. The van der Waals surface area contributed by atoms with E-state index in [9.17, 15) is 39.4 Å². The van der Waals surface area contributed by atoms with Crippen LogP contribution in [0.5, 0.6) is 0 Å². The third-order valence-corrected chi connectivity index (χ3v) is 8.40. The summed E-state index contributed by atoms with van der Waals surface area (Å²) in [6.45, 7) is 6.95. The molecule has 4 rings (SSSR count). The minimum atomic E-state index is -1.44. The van der Waals surface area contributed by atoms with E-state index in [0.29, 0.717) is 38.7 Å². The number of benzene rings is 3. The quantitative estimate of drug-likeness (QED) is 0.0674. The molecule has 272 valence electrons. The maximum Gasteiger partial charge on any atom is 0.326 e. The summed E-state index contributed by atoms with van der Waals surface area (Å²) < 4.78 is 0. The molecule has 52 heavy (non-hydrogen) atoms. The molecule has 0 saturated heterocycles. The van der Waals surface area contributed by atoms with Gasteiger partial charge in [-0.1, -0.05) is 62.7 Å². The fourth-order valence-corrected chi connectivity index (χ4v) is 5.93. The Hall–Kier alpha value is -5.94. The van der Waals surface area contributed by atoms with Crippen LogP contribution in [-0.2, 0) is 43.4 Å². The lowest BCUT2D eigenvalue weighted by Gasteiger charge is -2.25. The summed E-state index contributed by atoms with van der Waals surface area (Å²) in [5.74, 6) is -4.00. The van der Waals surface area contributed by atoms with Gasteiger partial charge in [0.15, 0.2) is 6.19 Å². The van der Waals surface area contributed by atoms with Crippen molar-refractivity contribution in [2.75, 3.05) is 5.32 Å². The number of aliphatic carboxylic acids is 2. The highest BCUT2D eigenvalue weighted by atomic mass is 35.5. The fraction of sp³-hybridized carbons (Fsp3) is 0.324. The second-order valence-corrected chi connectivity index (χ2v) is 14.0. The molecule has 0 bridgehead atoms. The number of rotatable bonds is 12. The number of carboxylic acid groups (broad SMARTS) is 2. The molecule has 0 aromatic heterocycles. The Morgan fingerprint density at radius 1 is 0.942 bits per heavy atom. The molecule has 14 nitrogen and oxygen atoms in total. The zero-order valence-corrected chi connectivity index (χ0v) is 29.8. The summed E-state index contributed by atoms with van der Waals surface area (Å²) in [5.41, 5.74) is 2.74. The van der Waals surface area contributed by atoms with Gasteiger partial charge in [-0.2, -0.15) is 5.26 Å². The molecule has 0 radical (unpaired) electrons. The van der Waals surface area contributed by atoms with Crippen LogP contribution in [0.25, 0.3) is 0 Å². The van der Waals surface area contributed by atoms with Crippen LogP contribution in [0.2, 0.25) is 5.02 Å². The number of aliphatic imine (C=N–C) groups is 1. The SMILES string of the molecule is CC(=O)N1Cc2cc(NC(=Nc3ccc(Cl)cc3)NC#N)ccc2C1C(=O)NC(Cc1ccccc1CC(NC(=O)CC(C)(C)C)C(=O)O)C(=O)O. The predicted octanol–water partition coefficient (Wildman–Crippen LogP) is 4.27. The van der Waals surface area contributed by atoms with E-state index in [1.54, 1.807) is 66.7 Å². The number of halogens is 1. The lowest BCUT2D eigenvalue weighted by atomic mass is 9.91. The molecule has 6 N–H and O–H groups in total. The van der Waals surface area contributed by atoms with Gasteiger partial charge in [0.05, 0.1) is 5.69 Å². The Balaban J connectivity index is 1.54. The van der Waals surface area contributed by atoms with Crippen molar-refractivity contribution in [3.63, 3.8) is 0 Å². The van der Waals surface area contributed by atoms with Crippen molar-refractivity contribution >= 4 is 58.6 Å². The number of nitriles is 1. The molecule has 0 spiro atoms. The number of guanidine groups is 1. The first-order chi connectivity index (χ1) is 24.5. The monoisotopic (exact) mass is 729 g/mol. The molecule has 3 aromatic rings. The number of carboxylic acids is 2. The van der Waals surface area contributed by atoms with Crippen LogP contribution in [0, 0.1) is 16.9 Å². The molecule has 3 atom stereocenters. The van der Waals surface area contributed by atoms with Gasteiger partial charge in [-0.3, -0.25) is 19.7 Å². The molecule has 3 amide bonds. The number of carbonyl (C=O) groups excluding carboxylic acids is 3. The summed E-state index contributed by atoms with van der Waals surface area (Å²) in [6, 6.07) is 14.4. The molecular formula is C37H40ClN7O7. The summed E-state index contributed by atoms with van der Waals surface area (Å²) in [6.07, 6.45) is 1.64. The van der Waals surface area contributed by atoms with Crippen molar-refractivity contribution < 1.29 is 34.2 Å². The summed E-state index contributed by atoms with van der Waals surface area (Å²) in [7, 11) is 0. The Bertz CT molecular complexity index is 1920. The molecule has 0 saturated carbocycles. The second kappa shape index (κ2) is 16.8. The minimum Gasteiger partial charge on any atom is -0.480 e. The van der Waals surface area contributed by atoms with Crippen LogP contribution >= 0.6 is 11.6 Å². The van der Waals surface area contributed by atoms with Crippen molar-refractivity contribution in [3.05, 3.63) is 94.0 Å².